The molecular weight excluding hydrogens is 378 g/mol. The Balaban J connectivity index is 1.59. The Morgan fingerprint density at radius 3 is 2.70 bits per heavy atom. The summed E-state index contributed by atoms with van der Waals surface area (Å²) in [5.41, 5.74) is 1.47. The number of benzene rings is 1. The molecule has 1 aromatic carbocycles. The van der Waals surface area contributed by atoms with Crippen molar-refractivity contribution in [2.75, 3.05) is 45.2 Å². The largest absolute Gasteiger partial charge is 0.376 e. The van der Waals surface area contributed by atoms with Gasteiger partial charge in [-0.05, 0) is 45.8 Å². The molecule has 1 aromatic heterocycles. The van der Waals surface area contributed by atoms with E-state index in [0.29, 0.717) is 29.8 Å². The van der Waals surface area contributed by atoms with Gasteiger partial charge in [-0.25, -0.2) is 9.97 Å². The molecule has 2 saturated heterocycles. The number of hydrogen-bond donors (Lipinski definition) is 1. The second kappa shape index (κ2) is 9.53. The Morgan fingerprint density at radius 2 is 2.00 bits per heavy atom. The summed E-state index contributed by atoms with van der Waals surface area (Å²) >= 11 is 0. The summed E-state index contributed by atoms with van der Waals surface area (Å²) in [4.78, 5) is 26.9. The maximum absolute atomic E-state index is 13.0. The first-order valence-corrected chi connectivity index (χ1v) is 10.9. The quantitative estimate of drug-likeness (QED) is 0.791. The smallest absolute Gasteiger partial charge is 0.256 e. The molecule has 0 radical (unpaired) electrons. The molecule has 160 valence electrons. The number of anilines is 1. The predicted molar refractivity (Wildman–Crippen MR) is 118 cm³/mol. The maximum atomic E-state index is 13.0. The van der Waals surface area contributed by atoms with Gasteiger partial charge in [0.1, 0.15) is 11.4 Å². The highest BCUT2D eigenvalue weighted by atomic mass is 16.5. The molecule has 3 heterocycles. The van der Waals surface area contributed by atoms with Crippen LogP contribution in [0.5, 0.6) is 0 Å². The molecule has 1 atom stereocenters. The Kier molecular flexibility index (Phi) is 6.59. The van der Waals surface area contributed by atoms with Crippen molar-refractivity contribution in [2.24, 2.45) is 0 Å². The second-order valence-corrected chi connectivity index (χ2v) is 8.29. The Morgan fingerprint density at radius 1 is 1.23 bits per heavy atom. The van der Waals surface area contributed by atoms with Crippen LogP contribution >= 0.6 is 0 Å². The number of carbonyl (C=O) groups is 1. The third-order valence-electron chi connectivity index (χ3n) is 6.13. The Labute approximate surface area is 178 Å². The van der Waals surface area contributed by atoms with Gasteiger partial charge >= 0.3 is 0 Å². The van der Waals surface area contributed by atoms with Gasteiger partial charge < -0.3 is 19.9 Å². The summed E-state index contributed by atoms with van der Waals surface area (Å²) < 4.78 is 5.64. The minimum absolute atomic E-state index is 0.105. The van der Waals surface area contributed by atoms with E-state index in [1.165, 1.54) is 0 Å². The van der Waals surface area contributed by atoms with E-state index in [0.717, 1.165) is 50.9 Å². The average Bonchev–Trinajstić information content (AvgIpc) is 3.31. The lowest BCUT2D eigenvalue weighted by Gasteiger charge is -2.36. The van der Waals surface area contributed by atoms with Crippen LogP contribution in [0.4, 0.5) is 5.82 Å². The van der Waals surface area contributed by atoms with E-state index < -0.39 is 0 Å². The lowest BCUT2D eigenvalue weighted by atomic mass is 10.0. The first kappa shape index (κ1) is 20.8. The molecule has 0 spiro atoms. The number of rotatable bonds is 6. The Hall–Kier alpha value is -2.51. The van der Waals surface area contributed by atoms with Crippen molar-refractivity contribution in [3.63, 3.8) is 0 Å². The number of aromatic nitrogens is 2. The molecule has 7 heteroatoms. The second-order valence-electron chi connectivity index (χ2n) is 8.29. The van der Waals surface area contributed by atoms with E-state index in [-0.39, 0.29) is 12.0 Å². The topological polar surface area (TPSA) is 70.6 Å². The Bertz CT molecular complexity index is 846. The van der Waals surface area contributed by atoms with Crippen LogP contribution in [0.25, 0.3) is 11.4 Å². The summed E-state index contributed by atoms with van der Waals surface area (Å²) in [5, 5.41) is 3.03. The van der Waals surface area contributed by atoms with Crippen LogP contribution in [-0.4, -0.2) is 73.3 Å². The number of nitrogens with zero attached hydrogens (tertiary/aromatic N) is 4. The van der Waals surface area contributed by atoms with Crippen molar-refractivity contribution >= 4 is 11.7 Å². The van der Waals surface area contributed by atoms with Gasteiger partial charge in [-0.2, -0.15) is 0 Å². The van der Waals surface area contributed by atoms with Gasteiger partial charge in [0.2, 0.25) is 0 Å². The van der Waals surface area contributed by atoms with Crippen LogP contribution in [0.1, 0.15) is 36.0 Å². The molecule has 0 saturated carbocycles. The number of carbonyl (C=O) groups excluding carboxylic acids is 1. The van der Waals surface area contributed by atoms with Gasteiger partial charge in [-0.1, -0.05) is 30.3 Å². The summed E-state index contributed by atoms with van der Waals surface area (Å²) in [6.45, 7) is 3.40. The monoisotopic (exact) mass is 409 g/mol. The van der Waals surface area contributed by atoms with Crippen LogP contribution in [-0.2, 0) is 4.74 Å². The summed E-state index contributed by atoms with van der Waals surface area (Å²) in [7, 11) is 4.20. The molecule has 1 N–H and O–H groups in total. The highest BCUT2D eigenvalue weighted by Crippen LogP contribution is 2.26. The SMILES string of the molecule is CN1CCC(N(C)c2nc(-c3ccccc3)ncc2C(=O)NCC2CCCO2)CC1. The van der Waals surface area contributed by atoms with Crippen molar-refractivity contribution in [3.05, 3.63) is 42.1 Å². The average molecular weight is 410 g/mol. The van der Waals surface area contributed by atoms with Crippen molar-refractivity contribution in [1.82, 2.24) is 20.2 Å². The molecule has 2 aromatic rings. The zero-order chi connectivity index (χ0) is 20.9. The number of amides is 1. The fraction of sp³-hybridized carbons (Fsp3) is 0.522. The summed E-state index contributed by atoms with van der Waals surface area (Å²) in [6.07, 6.45) is 5.92. The van der Waals surface area contributed by atoms with E-state index in [1.54, 1.807) is 6.20 Å². The number of likely N-dealkylation sites (tertiary alicyclic amines) is 1. The normalized spacial score (nSPS) is 20.3. The fourth-order valence-electron chi connectivity index (χ4n) is 4.19. The molecule has 2 aliphatic heterocycles. The summed E-state index contributed by atoms with van der Waals surface area (Å²) in [6, 6.07) is 10.3. The zero-order valence-corrected chi connectivity index (χ0v) is 17.9. The van der Waals surface area contributed by atoms with Crippen molar-refractivity contribution in [3.8, 4) is 11.4 Å². The van der Waals surface area contributed by atoms with Gasteiger partial charge in [0.15, 0.2) is 5.82 Å². The maximum Gasteiger partial charge on any atom is 0.256 e. The van der Waals surface area contributed by atoms with Crippen LogP contribution in [0.15, 0.2) is 36.5 Å². The molecule has 2 aliphatic rings. The molecule has 30 heavy (non-hydrogen) atoms. The van der Waals surface area contributed by atoms with Gasteiger partial charge in [0.05, 0.1) is 6.10 Å². The van der Waals surface area contributed by atoms with Crippen LogP contribution in [0.3, 0.4) is 0 Å². The van der Waals surface area contributed by atoms with Crippen LogP contribution in [0, 0.1) is 0 Å². The molecule has 0 bridgehead atoms. The molecule has 4 rings (SSSR count). The number of ether oxygens (including phenoxy) is 1. The van der Waals surface area contributed by atoms with Gasteiger partial charge in [0, 0.05) is 38.0 Å². The van der Waals surface area contributed by atoms with E-state index >= 15 is 0 Å². The highest BCUT2D eigenvalue weighted by Gasteiger charge is 2.26. The fourth-order valence-corrected chi connectivity index (χ4v) is 4.19. The third-order valence-corrected chi connectivity index (χ3v) is 6.13. The highest BCUT2D eigenvalue weighted by molar-refractivity contribution is 5.99. The lowest BCUT2D eigenvalue weighted by Crippen LogP contribution is -2.43. The molecule has 2 fully saturated rings. The minimum atomic E-state index is -0.139. The van der Waals surface area contributed by atoms with E-state index in [1.807, 2.05) is 37.4 Å². The lowest BCUT2D eigenvalue weighted by molar-refractivity contribution is 0.0857. The van der Waals surface area contributed by atoms with Gasteiger partial charge in [0.25, 0.3) is 5.91 Å². The predicted octanol–water partition coefficient (Wildman–Crippen LogP) is 2.58. The first-order valence-electron chi connectivity index (χ1n) is 10.9. The minimum Gasteiger partial charge on any atom is -0.376 e. The van der Waals surface area contributed by atoms with Crippen molar-refractivity contribution in [2.45, 2.75) is 37.8 Å². The van der Waals surface area contributed by atoms with Crippen LogP contribution in [0.2, 0.25) is 0 Å². The standard InChI is InChI=1S/C23H31N5O2/c1-27-12-10-18(11-13-27)28(2)22-20(23(29)25-15-19-9-6-14-30-19)16-24-21(26-22)17-7-4-3-5-8-17/h3-5,7-8,16,18-19H,6,9-15H2,1-2H3,(H,25,29). The molecule has 7 nitrogen and oxygen atoms in total. The number of nitrogens with one attached hydrogen (secondary N) is 1. The molecule has 1 unspecified atom stereocenters. The van der Waals surface area contributed by atoms with Crippen molar-refractivity contribution < 1.29 is 9.53 Å². The number of hydrogen-bond acceptors (Lipinski definition) is 6. The molecule has 0 aliphatic carbocycles. The third kappa shape index (κ3) is 4.79. The molecular formula is C23H31N5O2. The number of piperidine rings is 1. The van der Waals surface area contributed by atoms with Crippen molar-refractivity contribution in [1.29, 1.82) is 0 Å². The first-order chi connectivity index (χ1) is 14.6. The van der Waals surface area contributed by atoms with Gasteiger partial charge in [-0.15, -0.1) is 0 Å². The van der Waals surface area contributed by atoms with Crippen LogP contribution < -0.4 is 10.2 Å². The summed E-state index contributed by atoms with van der Waals surface area (Å²) in [5.74, 6) is 1.20. The van der Waals surface area contributed by atoms with E-state index in [2.05, 4.69) is 27.1 Å². The van der Waals surface area contributed by atoms with E-state index in [9.17, 15) is 4.79 Å². The van der Waals surface area contributed by atoms with E-state index in [4.69, 9.17) is 9.72 Å². The van der Waals surface area contributed by atoms with Gasteiger partial charge in [-0.3, -0.25) is 4.79 Å². The zero-order valence-electron chi connectivity index (χ0n) is 17.9. The molecule has 1 amide bonds.